The van der Waals surface area contributed by atoms with Crippen LogP contribution in [0.4, 0.5) is 0 Å². The second-order valence-electron chi connectivity index (χ2n) is 3.87. The van der Waals surface area contributed by atoms with E-state index in [4.69, 9.17) is 5.73 Å². The lowest BCUT2D eigenvalue weighted by atomic mass is 9.71. The van der Waals surface area contributed by atoms with Crippen molar-refractivity contribution in [3.8, 4) is 0 Å². The summed E-state index contributed by atoms with van der Waals surface area (Å²) in [5.41, 5.74) is 5.77. The number of hydrogen-bond acceptors (Lipinski definition) is 2. The minimum atomic E-state index is -0.198. The van der Waals surface area contributed by atoms with Gasteiger partial charge in [0.1, 0.15) is 0 Å². The van der Waals surface area contributed by atoms with E-state index in [1.807, 2.05) is 13.8 Å². The average molecular weight is 143 g/mol. The molecule has 1 aliphatic rings. The maximum Gasteiger partial charge on any atom is 0.0605 e. The molecule has 0 aromatic carbocycles. The second-order valence-corrected chi connectivity index (χ2v) is 3.87. The molecule has 3 N–H and O–H groups in total. The molecule has 0 spiro atoms. The number of aliphatic hydroxyl groups excluding tert-OH is 1. The van der Waals surface area contributed by atoms with Gasteiger partial charge in [-0.2, -0.15) is 0 Å². The highest BCUT2D eigenvalue weighted by molar-refractivity contribution is 4.91. The van der Waals surface area contributed by atoms with Crippen molar-refractivity contribution >= 4 is 0 Å². The first kappa shape index (κ1) is 8.02. The maximum absolute atomic E-state index is 9.53. The third-order valence-electron chi connectivity index (χ3n) is 2.81. The minimum Gasteiger partial charge on any atom is -0.393 e. The van der Waals surface area contributed by atoms with Crippen molar-refractivity contribution in [3.05, 3.63) is 0 Å². The first-order chi connectivity index (χ1) is 4.55. The van der Waals surface area contributed by atoms with Crippen LogP contribution < -0.4 is 5.73 Å². The zero-order valence-corrected chi connectivity index (χ0v) is 6.80. The fourth-order valence-corrected chi connectivity index (χ4v) is 1.52. The van der Waals surface area contributed by atoms with Gasteiger partial charge in [-0.05, 0) is 19.3 Å². The van der Waals surface area contributed by atoms with Crippen LogP contribution in [0.2, 0.25) is 0 Å². The highest BCUT2D eigenvalue weighted by Crippen LogP contribution is 2.34. The van der Waals surface area contributed by atoms with Gasteiger partial charge in [0.05, 0.1) is 6.10 Å². The molecule has 0 saturated heterocycles. The Labute approximate surface area is 62.4 Å². The topological polar surface area (TPSA) is 46.2 Å². The van der Waals surface area contributed by atoms with Gasteiger partial charge < -0.3 is 10.8 Å². The van der Waals surface area contributed by atoms with Crippen molar-refractivity contribution in [2.75, 3.05) is 0 Å². The van der Waals surface area contributed by atoms with Gasteiger partial charge >= 0.3 is 0 Å². The third-order valence-corrected chi connectivity index (χ3v) is 2.81. The predicted molar refractivity (Wildman–Crippen MR) is 41.6 cm³/mol. The molecule has 0 bridgehead atoms. The van der Waals surface area contributed by atoms with Crippen LogP contribution >= 0.6 is 0 Å². The van der Waals surface area contributed by atoms with E-state index in [0.717, 1.165) is 19.3 Å². The highest BCUT2D eigenvalue weighted by atomic mass is 16.3. The second kappa shape index (κ2) is 2.51. The minimum absolute atomic E-state index is 0.0712. The van der Waals surface area contributed by atoms with Gasteiger partial charge in [-0.3, -0.25) is 0 Å². The Morgan fingerprint density at radius 1 is 1.40 bits per heavy atom. The van der Waals surface area contributed by atoms with Crippen LogP contribution in [-0.4, -0.2) is 17.3 Å². The Kier molecular flexibility index (Phi) is 2.02. The van der Waals surface area contributed by atoms with Gasteiger partial charge in [0.25, 0.3) is 0 Å². The molecule has 1 aliphatic carbocycles. The molecule has 1 saturated carbocycles. The fraction of sp³-hybridized carbons (Fsp3) is 1.00. The Morgan fingerprint density at radius 3 is 2.40 bits per heavy atom. The Hall–Kier alpha value is -0.0800. The quantitative estimate of drug-likeness (QED) is 0.529. The first-order valence-corrected chi connectivity index (χ1v) is 3.99. The van der Waals surface area contributed by atoms with Crippen molar-refractivity contribution < 1.29 is 5.11 Å². The van der Waals surface area contributed by atoms with E-state index in [1.54, 1.807) is 0 Å². The monoisotopic (exact) mass is 143 g/mol. The largest absolute Gasteiger partial charge is 0.393 e. The summed E-state index contributed by atoms with van der Waals surface area (Å²) in [5, 5.41) is 9.53. The molecule has 1 fully saturated rings. The number of aliphatic hydroxyl groups is 1. The molecule has 0 aliphatic heterocycles. The van der Waals surface area contributed by atoms with Crippen LogP contribution in [0, 0.1) is 5.41 Å². The van der Waals surface area contributed by atoms with Crippen LogP contribution in [0.3, 0.4) is 0 Å². The zero-order valence-electron chi connectivity index (χ0n) is 6.80. The van der Waals surface area contributed by atoms with Crippen LogP contribution in [0.15, 0.2) is 0 Å². The molecule has 0 radical (unpaired) electrons. The summed E-state index contributed by atoms with van der Waals surface area (Å²) in [6, 6.07) is 0.177. The summed E-state index contributed by atoms with van der Waals surface area (Å²) in [5.74, 6) is 0. The van der Waals surface area contributed by atoms with Crippen molar-refractivity contribution in [2.24, 2.45) is 11.1 Å². The van der Waals surface area contributed by atoms with Crippen LogP contribution in [0.1, 0.15) is 33.1 Å². The Balaban J connectivity index is 2.63. The summed E-state index contributed by atoms with van der Waals surface area (Å²) in [7, 11) is 0. The number of nitrogens with two attached hydrogens (primary N) is 1. The molecule has 0 aromatic heterocycles. The summed E-state index contributed by atoms with van der Waals surface area (Å²) in [6.45, 7) is 4.09. The van der Waals surface area contributed by atoms with Crippen LogP contribution in [0.25, 0.3) is 0 Å². The van der Waals surface area contributed by atoms with Crippen molar-refractivity contribution in [3.63, 3.8) is 0 Å². The van der Waals surface area contributed by atoms with Gasteiger partial charge in [0, 0.05) is 11.5 Å². The van der Waals surface area contributed by atoms with E-state index >= 15 is 0 Å². The van der Waals surface area contributed by atoms with Gasteiger partial charge in [-0.25, -0.2) is 0 Å². The van der Waals surface area contributed by atoms with E-state index in [2.05, 4.69) is 0 Å². The molecule has 2 unspecified atom stereocenters. The zero-order chi connectivity index (χ0) is 7.78. The molecule has 2 atom stereocenters. The van der Waals surface area contributed by atoms with Gasteiger partial charge in [0.2, 0.25) is 0 Å². The van der Waals surface area contributed by atoms with Crippen LogP contribution in [0.5, 0.6) is 0 Å². The summed E-state index contributed by atoms with van der Waals surface area (Å²) >= 11 is 0. The average Bonchev–Trinajstić information content (AvgIpc) is 1.84. The molecule has 0 aromatic rings. The molecule has 10 heavy (non-hydrogen) atoms. The van der Waals surface area contributed by atoms with E-state index < -0.39 is 0 Å². The van der Waals surface area contributed by atoms with E-state index in [9.17, 15) is 5.11 Å². The van der Waals surface area contributed by atoms with Gasteiger partial charge in [-0.15, -0.1) is 0 Å². The summed E-state index contributed by atoms with van der Waals surface area (Å²) < 4.78 is 0. The van der Waals surface area contributed by atoms with E-state index in [-0.39, 0.29) is 17.6 Å². The first-order valence-electron chi connectivity index (χ1n) is 3.99. The normalized spacial score (nSPS) is 39.6. The lowest BCUT2D eigenvalue weighted by molar-refractivity contribution is -0.000740. The lowest BCUT2D eigenvalue weighted by Crippen LogP contribution is -2.48. The van der Waals surface area contributed by atoms with Crippen molar-refractivity contribution in [2.45, 2.75) is 45.3 Å². The van der Waals surface area contributed by atoms with Crippen LogP contribution in [-0.2, 0) is 0 Å². The number of rotatable bonds is 0. The van der Waals surface area contributed by atoms with Crippen molar-refractivity contribution in [1.82, 2.24) is 0 Å². The molecule has 2 heteroatoms. The molecule has 1 rings (SSSR count). The number of hydrogen-bond donors (Lipinski definition) is 2. The van der Waals surface area contributed by atoms with Crippen molar-refractivity contribution in [1.29, 1.82) is 0 Å². The third kappa shape index (κ3) is 1.18. The molecular weight excluding hydrogens is 126 g/mol. The molecule has 0 heterocycles. The van der Waals surface area contributed by atoms with E-state index in [0.29, 0.717) is 0 Å². The predicted octanol–water partition coefficient (Wildman–Crippen LogP) is 0.885. The molecule has 0 amide bonds. The summed E-state index contributed by atoms with van der Waals surface area (Å²) in [4.78, 5) is 0. The SMILES string of the molecule is CC1(C)C(N)CCCC1O. The molecular formula is C8H17NO. The van der Waals surface area contributed by atoms with Gasteiger partial charge in [0.15, 0.2) is 0 Å². The Bertz CT molecular complexity index is 110. The van der Waals surface area contributed by atoms with E-state index in [1.165, 1.54) is 0 Å². The lowest BCUT2D eigenvalue weighted by Gasteiger charge is -2.40. The summed E-state index contributed by atoms with van der Waals surface area (Å²) in [6.07, 6.45) is 2.85. The van der Waals surface area contributed by atoms with Gasteiger partial charge in [-0.1, -0.05) is 13.8 Å². The molecule has 60 valence electrons. The Morgan fingerprint density at radius 2 is 2.00 bits per heavy atom. The maximum atomic E-state index is 9.53. The smallest absolute Gasteiger partial charge is 0.0605 e. The highest BCUT2D eigenvalue weighted by Gasteiger charge is 2.36. The standard InChI is InChI=1S/C8H17NO/c1-8(2)6(9)4-3-5-7(8)10/h6-7,10H,3-5,9H2,1-2H3. The fourth-order valence-electron chi connectivity index (χ4n) is 1.52. The molecule has 2 nitrogen and oxygen atoms in total.